The summed E-state index contributed by atoms with van der Waals surface area (Å²) in [6.45, 7) is 3.11. The van der Waals surface area contributed by atoms with Gasteiger partial charge < -0.3 is 11.1 Å². The molecule has 3 nitrogen and oxygen atoms in total. The number of aryl methyl sites for hydroxylation is 1. The van der Waals surface area contributed by atoms with Crippen LogP contribution in [-0.4, -0.2) is 11.5 Å². The normalized spacial score (nSPS) is 21.2. The topological polar surface area (TPSA) is 50.9 Å². The third-order valence-electron chi connectivity index (χ3n) is 4.08. The number of rotatable bonds is 4. The van der Waals surface area contributed by atoms with Crippen molar-refractivity contribution in [2.45, 2.75) is 38.1 Å². The lowest BCUT2D eigenvalue weighted by molar-refractivity contribution is 0.338. The zero-order chi connectivity index (χ0) is 14.9. The second kappa shape index (κ2) is 5.95. The number of anilines is 1. The molecule has 2 aromatic rings. The van der Waals surface area contributed by atoms with Gasteiger partial charge in [-0.2, -0.15) is 0 Å². The van der Waals surface area contributed by atoms with Gasteiger partial charge in [0.1, 0.15) is 0 Å². The van der Waals surface area contributed by atoms with Gasteiger partial charge >= 0.3 is 0 Å². The number of hydrogen-bond acceptors (Lipinski definition) is 4. The van der Waals surface area contributed by atoms with Crippen molar-refractivity contribution in [1.29, 1.82) is 0 Å². The molecule has 0 radical (unpaired) electrons. The average molecular weight is 322 g/mol. The summed E-state index contributed by atoms with van der Waals surface area (Å²) in [6.07, 6.45) is 4.26. The van der Waals surface area contributed by atoms with Crippen LogP contribution in [0.5, 0.6) is 0 Å². The number of thiazole rings is 1. The molecule has 0 aliphatic heterocycles. The van der Waals surface area contributed by atoms with Gasteiger partial charge in [0.15, 0.2) is 5.13 Å². The largest absolute Gasteiger partial charge is 0.375 e. The fourth-order valence-corrected chi connectivity index (χ4v) is 4.43. The highest BCUT2D eigenvalue weighted by Crippen LogP contribution is 2.44. The number of nitrogen functional groups attached to an aromatic ring is 1. The molecular weight excluding hydrogens is 302 g/mol. The molecule has 3 N–H and O–H groups in total. The molecule has 21 heavy (non-hydrogen) atoms. The van der Waals surface area contributed by atoms with Crippen LogP contribution in [0.25, 0.3) is 0 Å². The van der Waals surface area contributed by atoms with Crippen molar-refractivity contribution in [2.75, 3.05) is 12.3 Å². The van der Waals surface area contributed by atoms with Crippen molar-refractivity contribution < 1.29 is 0 Å². The Morgan fingerprint density at radius 2 is 2.24 bits per heavy atom. The highest BCUT2D eigenvalue weighted by atomic mass is 35.5. The highest BCUT2D eigenvalue weighted by molar-refractivity contribution is 7.15. The van der Waals surface area contributed by atoms with E-state index in [-0.39, 0.29) is 5.54 Å². The molecule has 112 valence electrons. The van der Waals surface area contributed by atoms with Crippen molar-refractivity contribution >= 4 is 28.1 Å². The van der Waals surface area contributed by atoms with Crippen LogP contribution in [0.2, 0.25) is 5.02 Å². The fraction of sp³-hybridized carbons (Fsp3) is 0.438. The Morgan fingerprint density at radius 3 is 3.00 bits per heavy atom. The molecule has 1 atom stereocenters. The molecule has 0 bridgehead atoms. The first-order valence-corrected chi connectivity index (χ1v) is 8.62. The predicted molar refractivity (Wildman–Crippen MR) is 90.0 cm³/mol. The lowest BCUT2D eigenvalue weighted by Crippen LogP contribution is -2.46. The van der Waals surface area contributed by atoms with E-state index in [0.29, 0.717) is 5.13 Å². The second-order valence-electron chi connectivity index (χ2n) is 5.49. The van der Waals surface area contributed by atoms with E-state index in [9.17, 15) is 0 Å². The van der Waals surface area contributed by atoms with Crippen molar-refractivity contribution in [2.24, 2.45) is 0 Å². The molecule has 1 heterocycles. The Labute approximate surface area is 134 Å². The Bertz CT molecular complexity index is 640. The first-order chi connectivity index (χ1) is 10.2. The van der Waals surface area contributed by atoms with Crippen LogP contribution in [0, 0.1) is 0 Å². The van der Waals surface area contributed by atoms with E-state index in [4.69, 9.17) is 17.3 Å². The van der Waals surface area contributed by atoms with Crippen molar-refractivity contribution in [3.05, 3.63) is 45.4 Å². The summed E-state index contributed by atoms with van der Waals surface area (Å²) in [4.78, 5) is 5.94. The number of nitrogens with zero attached hydrogens (tertiary/aromatic N) is 1. The first kappa shape index (κ1) is 14.8. The van der Waals surface area contributed by atoms with E-state index in [2.05, 4.69) is 23.3 Å². The van der Waals surface area contributed by atoms with E-state index >= 15 is 0 Å². The van der Waals surface area contributed by atoms with Crippen molar-refractivity contribution in [3.63, 3.8) is 0 Å². The number of hydrogen-bond donors (Lipinski definition) is 2. The molecule has 0 amide bonds. The lowest BCUT2D eigenvalue weighted by atomic mass is 9.77. The van der Waals surface area contributed by atoms with Crippen LogP contribution in [0.1, 0.15) is 42.3 Å². The summed E-state index contributed by atoms with van der Waals surface area (Å²) in [5, 5.41) is 5.16. The standard InChI is InChI=1S/C16H20ClN3S/c1-2-10-19-16(11-6-3-4-7-12(11)17)9-5-8-13-14(16)20-15(18)21-13/h3-4,6-7,19H,2,5,8-10H2,1H3,(H2,18,20). The molecule has 0 saturated heterocycles. The van der Waals surface area contributed by atoms with Gasteiger partial charge in [-0.25, -0.2) is 4.98 Å². The number of nitrogens with two attached hydrogens (primary N) is 1. The Morgan fingerprint density at radius 1 is 1.43 bits per heavy atom. The van der Waals surface area contributed by atoms with Crippen LogP contribution in [-0.2, 0) is 12.0 Å². The minimum Gasteiger partial charge on any atom is -0.375 e. The Kier molecular flexibility index (Phi) is 4.20. The molecule has 0 fully saturated rings. The average Bonchev–Trinajstić information content (AvgIpc) is 2.87. The van der Waals surface area contributed by atoms with Gasteiger partial charge in [0.05, 0.1) is 11.2 Å². The van der Waals surface area contributed by atoms with E-state index in [1.165, 1.54) is 4.88 Å². The summed E-state index contributed by atoms with van der Waals surface area (Å²) in [5.74, 6) is 0. The maximum absolute atomic E-state index is 6.50. The van der Waals surface area contributed by atoms with E-state index in [1.54, 1.807) is 11.3 Å². The quantitative estimate of drug-likeness (QED) is 0.896. The van der Waals surface area contributed by atoms with Crippen LogP contribution >= 0.6 is 22.9 Å². The van der Waals surface area contributed by atoms with E-state index < -0.39 is 0 Å². The van der Waals surface area contributed by atoms with E-state index in [0.717, 1.165) is 48.5 Å². The van der Waals surface area contributed by atoms with Crippen molar-refractivity contribution in [1.82, 2.24) is 10.3 Å². The summed E-state index contributed by atoms with van der Waals surface area (Å²) in [6, 6.07) is 8.07. The molecule has 3 rings (SSSR count). The third-order valence-corrected chi connectivity index (χ3v) is 5.36. The van der Waals surface area contributed by atoms with Gasteiger partial charge in [0.25, 0.3) is 0 Å². The molecule has 0 saturated carbocycles. The highest BCUT2D eigenvalue weighted by Gasteiger charge is 2.41. The van der Waals surface area contributed by atoms with E-state index in [1.807, 2.05) is 18.2 Å². The van der Waals surface area contributed by atoms with Crippen LogP contribution in [0.4, 0.5) is 5.13 Å². The summed E-state index contributed by atoms with van der Waals surface area (Å²) in [5.41, 5.74) is 7.87. The summed E-state index contributed by atoms with van der Waals surface area (Å²) < 4.78 is 0. The summed E-state index contributed by atoms with van der Waals surface area (Å²) in [7, 11) is 0. The smallest absolute Gasteiger partial charge is 0.180 e. The maximum Gasteiger partial charge on any atom is 0.180 e. The maximum atomic E-state index is 6.50. The third kappa shape index (κ3) is 2.56. The molecular formula is C16H20ClN3S. The number of nitrogens with one attached hydrogen (secondary N) is 1. The molecule has 1 aromatic carbocycles. The number of aromatic nitrogens is 1. The molecule has 5 heteroatoms. The minimum absolute atomic E-state index is 0.296. The summed E-state index contributed by atoms with van der Waals surface area (Å²) >= 11 is 8.11. The number of benzene rings is 1. The molecule has 1 unspecified atom stereocenters. The molecule has 0 spiro atoms. The number of halogens is 1. The Hall–Kier alpha value is -1.10. The zero-order valence-electron chi connectivity index (χ0n) is 12.2. The van der Waals surface area contributed by atoms with Gasteiger partial charge in [-0.1, -0.05) is 36.7 Å². The van der Waals surface area contributed by atoms with Gasteiger partial charge in [0.2, 0.25) is 0 Å². The number of fused-ring (bicyclic) bond motifs is 1. The van der Waals surface area contributed by atoms with Gasteiger partial charge in [0, 0.05) is 9.90 Å². The zero-order valence-corrected chi connectivity index (χ0v) is 13.7. The second-order valence-corrected chi connectivity index (χ2v) is 7.01. The van der Waals surface area contributed by atoms with Crippen LogP contribution < -0.4 is 11.1 Å². The fourth-order valence-electron chi connectivity index (χ4n) is 3.18. The molecule has 1 aliphatic rings. The molecule has 1 aliphatic carbocycles. The minimum atomic E-state index is -0.296. The lowest BCUT2D eigenvalue weighted by Gasteiger charge is -2.38. The monoisotopic (exact) mass is 321 g/mol. The van der Waals surface area contributed by atoms with Gasteiger partial charge in [-0.15, -0.1) is 11.3 Å². The van der Waals surface area contributed by atoms with Gasteiger partial charge in [-0.3, -0.25) is 0 Å². The SMILES string of the molecule is CCCNC1(c2ccccc2Cl)CCCc2sc(N)nc21. The molecule has 1 aromatic heterocycles. The first-order valence-electron chi connectivity index (χ1n) is 7.43. The van der Waals surface area contributed by atoms with Crippen LogP contribution in [0.15, 0.2) is 24.3 Å². The van der Waals surface area contributed by atoms with Crippen LogP contribution in [0.3, 0.4) is 0 Å². The van der Waals surface area contributed by atoms with Gasteiger partial charge in [-0.05, 0) is 43.9 Å². The van der Waals surface area contributed by atoms with Crippen molar-refractivity contribution in [3.8, 4) is 0 Å². The Balaban J connectivity index is 2.17. The predicted octanol–water partition coefficient (Wildman–Crippen LogP) is 3.96.